The van der Waals surface area contributed by atoms with E-state index in [1.54, 1.807) is 6.33 Å². The Morgan fingerprint density at radius 1 is 1.24 bits per heavy atom. The summed E-state index contributed by atoms with van der Waals surface area (Å²) in [5.41, 5.74) is 1.81. The molecule has 0 radical (unpaired) electrons. The van der Waals surface area contributed by atoms with Gasteiger partial charge in [0.15, 0.2) is 5.65 Å². The van der Waals surface area contributed by atoms with Crippen LogP contribution in [0.4, 0.5) is 5.82 Å². The molecular weight excluding hydrogens is 282 g/mol. The second kappa shape index (κ2) is 6.13. The lowest BCUT2D eigenvalue weighted by atomic mass is 10.3. The van der Waals surface area contributed by atoms with E-state index in [0.29, 0.717) is 6.04 Å². The number of anilines is 1. The van der Waals surface area contributed by atoms with Gasteiger partial charge in [0.05, 0.1) is 17.3 Å². The fraction of sp³-hybridized carbons (Fsp3) is 0.267. The highest BCUT2D eigenvalue weighted by molar-refractivity contribution is 7.98. The third-order valence-electron chi connectivity index (χ3n) is 3.17. The van der Waals surface area contributed by atoms with Gasteiger partial charge < -0.3 is 5.32 Å². The number of hydrogen-bond acceptors (Lipinski definition) is 5. The zero-order chi connectivity index (χ0) is 14.7. The molecule has 0 spiro atoms. The van der Waals surface area contributed by atoms with E-state index in [0.717, 1.165) is 28.3 Å². The number of nitrogens with zero attached hydrogens (tertiary/aromatic N) is 4. The third kappa shape index (κ3) is 2.85. The molecule has 0 amide bonds. The van der Waals surface area contributed by atoms with E-state index in [-0.39, 0.29) is 0 Å². The summed E-state index contributed by atoms with van der Waals surface area (Å²) in [5.74, 6) is 1.86. The number of para-hydroxylation sites is 1. The van der Waals surface area contributed by atoms with Crippen molar-refractivity contribution in [1.29, 1.82) is 0 Å². The van der Waals surface area contributed by atoms with Gasteiger partial charge in [-0.2, -0.15) is 16.9 Å². The van der Waals surface area contributed by atoms with Crippen LogP contribution in [0, 0.1) is 0 Å². The minimum atomic E-state index is 0.346. The maximum Gasteiger partial charge on any atom is 0.168 e. The van der Waals surface area contributed by atoms with Crippen molar-refractivity contribution in [3.63, 3.8) is 0 Å². The van der Waals surface area contributed by atoms with Gasteiger partial charge in [-0.15, -0.1) is 0 Å². The van der Waals surface area contributed by atoms with Gasteiger partial charge in [0.2, 0.25) is 0 Å². The quantitative estimate of drug-likeness (QED) is 0.785. The Labute approximate surface area is 127 Å². The second-order valence-corrected chi connectivity index (χ2v) is 5.76. The molecule has 3 aromatic rings. The van der Waals surface area contributed by atoms with E-state index < -0.39 is 0 Å². The van der Waals surface area contributed by atoms with Gasteiger partial charge in [-0.05, 0) is 25.3 Å². The first kappa shape index (κ1) is 13.9. The van der Waals surface area contributed by atoms with Gasteiger partial charge in [0.1, 0.15) is 12.1 Å². The number of aromatic nitrogens is 4. The van der Waals surface area contributed by atoms with Crippen molar-refractivity contribution in [1.82, 2.24) is 19.7 Å². The summed E-state index contributed by atoms with van der Waals surface area (Å²) in [6.07, 6.45) is 5.50. The minimum absolute atomic E-state index is 0.346. The minimum Gasteiger partial charge on any atom is -0.366 e. The lowest BCUT2D eigenvalue weighted by Gasteiger charge is -2.13. The van der Waals surface area contributed by atoms with Crippen LogP contribution < -0.4 is 5.32 Å². The number of thioether (sulfide) groups is 1. The molecular formula is C15H17N5S. The van der Waals surface area contributed by atoms with Gasteiger partial charge in [-0.25, -0.2) is 14.6 Å². The number of hydrogen-bond donors (Lipinski definition) is 1. The summed E-state index contributed by atoms with van der Waals surface area (Å²) in [7, 11) is 0. The molecule has 1 unspecified atom stereocenters. The summed E-state index contributed by atoms with van der Waals surface area (Å²) in [6, 6.07) is 10.3. The van der Waals surface area contributed by atoms with Crippen molar-refractivity contribution >= 4 is 28.6 Å². The highest BCUT2D eigenvalue weighted by Gasteiger charge is 2.12. The monoisotopic (exact) mass is 299 g/mol. The fourth-order valence-corrected chi connectivity index (χ4v) is 2.83. The van der Waals surface area contributed by atoms with Crippen LogP contribution >= 0.6 is 11.8 Å². The fourth-order valence-electron chi connectivity index (χ4n) is 2.24. The Morgan fingerprint density at radius 3 is 2.81 bits per heavy atom. The van der Waals surface area contributed by atoms with E-state index in [2.05, 4.69) is 33.6 Å². The first-order valence-corrected chi connectivity index (χ1v) is 8.18. The average Bonchev–Trinajstić information content (AvgIpc) is 2.93. The van der Waals surface area contributed by atoms with E-state index >= 15 is 0 Å². The van der Waals surface area contributed by atoms with E-state index in [1.165, 1.54) is 0 Å². The molecule has 0 bridgehead atoms. The van der Waals surface area contributed by atoms with Crippen molar-refractivity contribution < 1.29 is 0 Å². The summed E-state index contributed by atoms with van der Waals surface area (Å²) >= 11 is 1.81. The Morgan fingerprint density at radius 2 is 2.05 bits per heavy atom. The maximum absolute atomic E-state index is 4.45. The first-order valence-electron chi connectivity index (χ1n) is 6.79. The largest absolute Gasteiger partial charge is 0.366 e. The number of benzene rings is 1. The van der Waals surface area contributed by atoms with Crippen LogP contribution in [0.2, 0.25) is 0 Å². The molecule has 2 heterocycles. The lowest BCUT2D eigenvalue weighted by Crippen LogP contribution is -2.18. The lowest BCUT2D eigenvalue weighted by molar-refractivity contribution is 0.891. The van der Waals surface area contributed by atoms with Crippen LogP contribution in [0.5, 0.6) is 0 Å². The van der Waals surface area contributed by atoms with Gasteiger partial charge in [0.25, 0.3) is 0 Å². The highest BCUT2D eigenvalue weighted by Crippen LogP contribution is 2.22. The molecule has 21 heavy (non-hydrogen) atoms. The molecule has 0 aliphatic heterocycles. The maximum atomic E-state index is 4.45. The molecule has 1 N–H and O–H groups in total. The van der Waals surface area contributed by atoms with Gasteiger partial charge in [-0.1, -0.05) is 18.2 Å². The number of nitrogens with one attached hydrogen (secondary N) is 1. The smallest absolute Gasteiger partial charge is 0.168 e. The van der Waals surface area contributed by atoms with Crippen molar-refractivity contribution in [2.75, 3.05) is 17.3 Å². The first-order chi connectivity index (χ1) is 10.3. The van der Waals surface area contributed by atoms with E-state index in [9.17, 15) is 0 Å². The SMILES string of the molecule is CSCC(C)Nc1ncnc2c1cnn2-c1ccccc1. The van der Waals surface area contributed by atoms with Crippen molar-refractivity contribution in [3.05, 3.63) is 42.9 Å². The Hall–Kier alpha value is -2.08. The average molecular weight is 299 g/mol. The van der Waals surface area contributed by atoms with Gasteiger partial charge in [-0.3, -0.25) is 0 Å². The van der Waals surface area contributed by atoms with Crippen LogP contribution in [0.3, 0.4) is 0 Å². The second-order valence-electron chi connectivity index (χ2n) is 4.85. The molecule has 2 aromatic heterocycles. The van der Waals surface area contributed by atoms with Gasteiger partial charge in [0, 0.05) is 11.8 Å². The molecule has 1 atom stereocenters. The predicted octanol–water partition coefficient (Wildman–Crippen LogP) is 2.98. The van der Waals surface area contributed by atoms with Crippen LogP contribution in [-0.2, 0) is 0 Å². The van der Waals surface area contributed by atoms with Gasteiger partial charge >= 0.3 is 0 Å². The van der Waals surface area contributed by atoms with E-state index in [4.69, 9.17) is 0 Å². The molecule has 0 fully saturated rings. The Balaban J connectivity index is 2.00. The molecule has 108 valence electrons. The summed E-state index contributed by atoms with van der Waals surface area (Å²) in [4.78, 5) is 8.73. The van der Waals surface area contributed by atoms with Crippen molar-refractivity contribution in [3.8, 4) is 5.69 Å². The molecule has 1 aromatic carbocycles. The number of rotatable bonds is 5. The van der Waals surface area contributed by atoms with Crippen molar-refractivity contribution in [2.24, 2.45) is 0 Å². The summed E-state index contributed by atoms with van der Waals surface area (Å²) in [5, 5.41) is 8.81. The molecule has 6 heteroatoms. The summed E-state index contributed by atoms with van der Waals surface area (Å²) in [6.45, 7) is 2.14. The predicted molar refractivity (Wildman–Crippen MR) is 88.1 cm³/mol. The zero-order valence-electron chi connectivity index (χ0n) is 12.0. The standard InChI is InChI=1S/C15H17N5S/c1-11(9-21-2)19-14-13-8-18-20(15(13)17-10-16-14)12-6-4-3-5-7-12/h3-8,10-11H,9H2,1-2H3,(H,16,17,19). The van der Waals surface area contributed by atoms with Crippen LogP contribution in [0.15, 0.2) is 42.9 Å². The van der Waals surface area contributed by atoms with Crippen LogP contribution in [0.1, 0.15) is 6.92 Å². The topological polar surface area (TPSA) is 55.6 Å². The molecule has 0 aliphatic rings. The Bertz CT molecular complexity index is 725. The zero-order valence-corrected chi connectivity index (χ0v) is 12.8. The molecule has 3 rings (SSSR count). The highest BCUT2D eigenvalue weighted by atomic mass is 32.2. The molecule has 0 saturated carbocycles. The molecule has 0 aliphatic carbocycles. The third-order valence-corrected chi connectivity index (χ3v) is 4.00. The summed E-state index contributed by atoms with van der Waals surface area (Å²) < 4.78 is 1.83. The normalized spacial score (nSPS) is 12.5. The molecule has 5 nitrogen and oxygen atoms in total. The number of fused-ring (bicyclic) bond motifs is 1. The van der Waals surface area contributed by atoms with E-state index in [1.807, 2.05) is 53.0 Å². The Kier molecular flexibility index (Phi) is 4.06. The molecule has 0 saturated heterocycles. The van der Waals surface area contributed by atoms with Crippen LogP contribution in [-0.4, -0.2) is 37.8 Å². The van der Waals surface area contributed by atoms with Crippen LogP contribution in [0.25, 0.3) is 16.7 Å². The van der Waals surface area contributed by atoms with Crippen molar-refractivity contribution in [2.45, 2.75) is 13.0 Å².